The van der Waals surface area contributed by atoms with Gasteiger partial charge in [-0.1, -0.05) is 29.3 Å². The molecule has 0 radical (unpaired) electrons. The summed E-state index contributed by atoms with van der Waals surface area (Å²) in [5.74, 6) is 0. The van der Waals surface area contributed by atoms with Crippen molar-refractivity contribution in [2.45, 2.75) is 32.9 Å². The number of aromatic nitrogens is 2. The van der Waals surface area contributed by atoms with E-state index in [0.717, 1.165) is 35.8 Å². The zero-order valence-electron chi connectivity index (χ0n) is 11.7. The van der Waals surface area contributed by atoms with Gasteiger partial charge in [-0.2, -0.15) is 5.10 Å². The van der Waals surface area contributed by atoms with Crippen molar-refractivity contribution in [3.8, 4) is 0 Å². The number of halogens is 2. The first-order chi connectivity index (χ1) is 9.56. The molecule has 0 spiro atoms. The molecule has 5 heteroatoms. The quantitative estimate of drug-likeness (QED) is 0.814. The van der Waals surface area contributed by atoms with Crippen LogP contribution in [0.1, 0.15) is 31.1 Å². The fraction of sp³-hybridized carbons (Fsp3) is 0.400. The van der Waals surface area contributed by atoms with Crippen molar-refractivity contribution in [3.63, 3.8) is 0 Å². The van der Waals surface area contributed by atoms with E-state index in [9.17, 15) is 0 Å². The minimum absolute atomic E-state index is 0.400. The van der Waals surface area contributed by atoms with Crippen LogP contribution in [0, 0.1) is 0 Å². The second-order valence-corrected chi connectivity index (χ2v) is 5.89. The second kappa shape index (κ2) is 7.11. The molecule has 0 fully saturated rings. The SMILES string of the molecule is CC(C)n1ccc(CNCCc2ccc(Cl)cc2Cl)n1. The van der Waals surface area contributed by atoms with Crippen LogP contribution in [-0.2, 0) is 13.0 Å². The van der Waals surface area contributed by atoms with Gasteiger partial charge in [0.05, 0.1) is 5.69 Å². The third kappa shape index (κ3) is 4.23. The first kappa shape index (κ1) is 15.4. The molecule has 20 heavy (non-hydrogen) atoms. The Kier molecular flexibility index (Phi) is 5.46. The van der Waals surface area contributed by atoms with Crippen molar-refractivity contribution in [3.05, 3.63) is 51.8 Å². The zero-order chi connectivity index (χ0) is 14.5. The van der Waals surface area contributed by atoms with E-state index in [1.165, 1.54) is 0 Å². The molecule has 1 heterocycles. The van der Waals surface area contributed by atoms with Crippen LogP contribution in [0.5, 0.6) is 0 Å². The van der Waals surface area contributed by atoms with Crippen LogP contribution in [0.2, 0.25) is 10.0 Å². The molecule has 0 saturated heterocycles. The van der Waals surface area contributed by atoms with Crippen molar-refractivity contribution in [1.82, 2.24) is 15.1 Å². The highest BCUT2D eigenvalue weighted by Gasteiger charge is 2.03. The third-order valence-corrected chi connectivity index (χ3v) is 3.67. The average molecular weight is 312 g/mol. The van der Waals surface area contributed by atoms with Gasteiger partial charge in [0.25, 0.3) is 0 Å². The lowest BCUT2D eigenvalue weighted by molar-refractivity contribution is 0.521. The summed E-state index contributed by atoms with van der Waals surface area (Å²) in [6, 6.07) is 8.06. The topological polar surface area (TPSA) is 29.9 Å². The summed E-state index contributed by atoms with van der Waals surface area (Å²) < 4.78 is 1.97. The third-order valence-electron chi connectivity index (χ3n) is 3.09. The Bertz CT molecular complexity index is 564. The summed E-state index contributed by atoms with van der Waals surface area (Å²) in [7, 11) is 0. The number of nitrogens with one attached hydrogen (secondary N) is 1. The van der Waals surface area contributed by atoms with E-state index in [2.05, 4.69) is 24.3 Å². The number of nitrogens with zero attached hydrogens (tertiary/aromatic N) is 2. The van der Waals surface area contributed by atoms with Gasteiger partial charge in [0, 0.05) is 28.8 Å². The van der Waals surface area contributed by atoms with Gasteiger partial charge < -0.3 is 5.32 Å². The second-order valence-electron chi connectivity index (χ2n) is 5.04. The van der Waals surface area contributed by atoms with E-state index in [1.807, 2.05) is 29.1 Å². The first-order valence-electron chi connectivity index (χ1n) is 6.75. The van der Waals surface area contributed by atoms with Crippen molar-refractivity contribution in [2.75, 3.05) is 6.54 Å². The molecule has 0 bridgehead atoms. The molecule has 0 unspecified atom stereocenters. The lowest BCUT2D eigenvalue weighted by atomic mass is 10.1. The fourth-order valence-corrected chi connectivity index (χ4v) is 2.43. The van der Waals surface area contributed by atoms with Crippen LogP contribution in [0.25, 0.3) is 0 Å². The van der Waals surface area contributed by atoms with Crippen LogP contribution in [0.15, 0.2) is 30.5 Å². The van der Waals surface area contributed by atoms with Gasteiger partial charge in [0.1, 0.15) is 0 Å². The Balaban J connectivity index is 1.78. The van der Waals surface area contributed by atoms with Gasteiger partial charge >= 0.3 is 0 Å². The Morgan fingerprint density at radius 1 is 1.25 bits per heavy atom. The zero-order valence-corrected chi connectivity index (χ0v) is 13.2. The molecule has 1 aromatic heterocycles. The number of benzene rings is 1. The number of hydrogen-bond donors (Lipinski definition) is 1. The molecule has 0 aliphatic carbocycles. The van der Waals surface area contributed by atoms with E-state index in [4.69, 9.17) is 23.2 Å². The van der Waals surface area contributed by atoms with Crippen molar-refractivity contribution in [1.29, 1.82) is 0 Å². The highest BCUT2D eigenvalue weighted by Crippen LogP contribution is 2.21. The predicted molar refractivity (Wildman–Crippen MR) is 84.5 cm³/mol. The lowest BCUT2D eigenvalue weighted by Crippen LogP contribution is -2.17. The summed E-state index contributed by atoms with van der Waals surface area (Å²) in [6.07, 6.45) is 2.89. The maximum Gasteiger partial charge on any atom is 0.0762 e. The summed E-state index contributed by atoms with van der Waals surface area (Å²) in [5, 5.41) is 9.27. The molecule has 1 N–H and O–H groups in total. The fourth-order valence-electron chi connectivity index (χ4n) is 1.92. The van der Waals surface area contributed by atoms with Gasteiger partial charge in [0.2, 0.25) is 0 Å². The maximum atomic E-state index is 6.14. The smallest absolute Gasteiger partial charge is 0.0762 e. The molecule has 1 aromatic carbocycles. The minimum atomic E-state index is 0.400. The predicted octanol–water partition coefficient (Wildman–Crippen LogP) is 4.10. The van der Waals surface area contributed by atoms with E-state index in [-0.39, 0.29) is 0 Å². The van der Waals surface area contributed by atoms with E-state index < -0.39 is 0 Å². The molecule has 0 amide bonds. The van der Waals surface area contributed by atoms with E-state index >= 15 is 0 Å². The summed E-state index contributed by atoms with van der Waals surface area (Å²) in [6.45, 7) is 5.86. The molecule has 0 saturated carbocycles. The van der Waals surface area contributed by atoms with Gasteiger partial charge in [0.15, 0.2) is 0 Å². The number of rotatable bonds is 6. The van der Waals surface area contributed by atoms with Crippen LogP contribution < -0.4 is 5.32 Å². The standard InChI is InChI=1S/C15H19Cl2N3/c1-11(2)20-8-6-14(19-20)10-18-7-5-12-3-4-13(16)9-15(12)17/h3-4,6,8-9,11,18H,5,7,10H2,1-2H3. The van der Waals surface area contributed by atoms with Crippen LogP contribution in [0.3, 0.4) is 0 Å². The highest BCUT2D eigenvalue weighted by molar-refractivity contribution is 6.35. The largest absolute Gasteiger partial charge is 0.311 e. The van der Waals surface area contributed by atoms with Crippen LogP contribution >= 0.6 is 23.2 Å². The highest BCUT2D eigenvalue weighted by atomic mass is 35.5. The molecule has 0 aliphatic rings. The lowest BCUT2D eigenvalue weighted by Gasteiger charge is -2.06. The Labute approximate surface area is 129 Å². The molecule has 108 valence electrons. The average Bonchev–Trinajstić information content (AvgIpc) is 2.85. The Morgan fingerprint density at radius 3 is 2.70 bits per heavy atom. The Hall–Kier alpha value is -1.03. The minimum Gasteiger partial charge on any atom is -0.311 e. The van der Waals surface area contributed by atoms with E-state index in [1.54, 1.807) is 6.07 Å². The maximum absolute atomic E-state index is 6.14. The van der Waals surface area contributed by atoms with Gasteiger partial charge in [-0.05, 0) is 50.6 Å². The van der Waals surface area contributed by atoms with Crippen molar-refractivity contribution >= 4 is 23.2 Å². The first-order valence-corrected chi connectivity index (χ1v) is 7.50. The van der Waals surface area contributed by atoms with E-state index in [0.29, 0.717) is 11.1 Å². The van der Waals surface area contributed by atoms with Crippen molar-refractivity contribution in [2.24, 2.45) is 0 Å². The molecule has 2 rings (SSSR count). The molecular weight excluding hydrogens is 293 g/mol. The Morgan fingerprint density at radius 2 is 2.05 bits per heavy atom. The molecule has 0 atom stereocenters. The number of hydrogen-bond acceptors (Lipinski definition) is 2. The van der Waals surface area contributed by atoms with Gasteiger partial charge in [-0.3, -0.25) is 4.68 Å². The molecule has 2 aromatic rings. The van der Waals surface area contributed by atoms with Crippen LogP contribution in [0.4, 0.5) is 0 Å². The van der Waals surface area contributed by atoms with Crippen molar-refractivity contribution < 1.29 is 0 Å². The van der Waals surface area contributed by atoms with Gasteiger partial charge in [-0.15, -0.1) is 0 Å². The van der Waals surface area contributed by atoms with Gasteiger partial charge in [-0.25, -0.2) is 0 Å². The molecular formula is C15H19Cl2N3. The summed E-state index contributed by atoms with van der Waals surface area (Å²) in [4.78, 5) is 0. The summed E-state index contributed by atoms with van der Waals surface area (Å²) >= 11 is 12.0. The molecule has 3 nitrogen and oxygen atoms in total. The van der Waals surface area contributed by atoms with Crippen LogP contribution in [-0.4, -0.2) is 16.3 Å². The normalized spacial score (nSPS) is 11.2. The monoisotopic (exact) mass is 311 g/mol. The summed E-state index contributed by atoms with van der Waals surface area (Å²) in [5.41, 5.74) is 2.16. The molecule has 0 aliphatic heterocycles.